The van der Waals surface area contributed by atoms with Crippen LogP contribution in [-0.4, -0.2) is 11.7 Å². The summed E-state index contributed by atoms with van der Waals surface area (Å²) in [5, 5.41) is 10.8. The zero-order valence-corrected chi connectivity index (χ0v) is 12.1. The zero-order chi connectivity index (χ0) is 13.8. The maximum atomic E-state index is 12.0. The Morgan fingerprint density at radius 1 is 1.11 bits per heavy atom. The Morgan fingerprint density at radius 3 is 2.42 bits per heavy atom. The number of amides is 1. The molecule has 0 saturated carbocycles. The lowest BCUT2D eigenvalue weighted by Crippen LogP contribution is -2.30. The van der Waals surface area contributed by atoms with E-state index in [4.69, 9.17) is 17.0 Å². The van der Waals surface area contributed by atoms with Crippen LogP contribution in [0.1, 0.15) is 15.9 Å². The van der Waals surface area contributed by atoms with Gasteiger partial charge in [-0.05, 0) is 18.2 Å². The third-order valence-corrected chi connectivity index (χ3v) is 3.10. The number of rotatable bonds is 2. The summed E-state index contributed by atoms with van der Waals surface area (Å²) in [5.41, 5.74) is 1.05. The van der Waals surface area contributed by atoms with E-state index in [9.17, 15) is 4.79 Å². The largest absolute Gasteiger partial charge is 0.307 e. The van der Waals surface area contributed by atoms with Gasteiger partial charge in [-0.15, -0.1) is 0 Å². The Bertz CT molecular complexity index is 608. The first kappa shape index (κ1) is 13.8. The molecule has 2 aromatic rings. The van der Waals surface area contributed by atoms with Gasteiger partial charge in [0.05, 0.1) is 0 Å². The van der Waals surface area contributed by atoms with Crippen LogP contribution in [0, 0.1) is 5.41 Å². The summed E-state index contributed by atoms with van der Waals surface area (Å²) in [7, 11) is 0. The molecule has 0 saturated heterocycles. The molecule has 0 aliphatic heterocycles. The molecule has 2 rings (SSSR count). The molecule has 1 amide bonds. The second-order valence-corrected chi connectivity index (χ2v) is 5.21. The van der Waals surface area contributed by atoms with E-state index in [1.807, 2.05) is 18.2 Å². The Balaban J connectivity index is 2.15. The first-order chi connectivity index (χ1) is 9.06. The molecule has 0 fully saturated rings. The van der Waals surface area contributed by atoms with Crippen LogP contribution < -0.4 is 5.32 Å². The number of halogens is 2. The molecule has 5 heteroatoms. The normalized spacial score (nSPS) is 10.0. The molecule has 96 valence electrons. The van der Waals surface area contributed by atoms with Gasteiger partial charge in [0.25, 0.3) is 5.91 Å². The lowest BCUT2D eigenvalue weighted by molar-refractivity contribution is 0.0977. The predicted molar refractivity (Wildman–Crippen MR) is 79.9 cm³/mol. The van der Waals surface area contributed by atoms with Crippen molar-refractivity contribution in [3.05, 3.63) is 69.2 Å². The summed E-state index contributed by atoms with van der Waals surface area (Å²) < 4.78 is 0.719. The first-order valence-electron chi connectivity index (χ1n) is 5.47. The summed E-state index contributed by atoms with van der Waals surface area (Å²) in [6.45, 7) is 0. The molecule has 0 atom stereocenters. The van der Waals surface area contributed by atoms with Gasteiger partial charge in [-0.25, -0.2) is 0 Å². The maximum Gasteiger partial charge on any atom is 0.256 e. The van der Waals surface area contributed by atoms with E-state index in [-0.39, 0.29) is 11.7 Å². The standard InChI is InChI=1S/C14H10BrClN2O/c15-11-6-10(7-12(16)8-11)14(19)18-13(17)9-4-2-1-3-5-9/h1-8H,(H2,17,18,19). The van der Waals surface area contributed by atoms with Crippen LogP contribution in [-0.2, 0) is 0 Å². The van der Waals surface area contributed by atoms with Crippen molar-refractivity contribution in [3.8, 4) is 0 Å². The highest BCUT2D eigenvalue weighted by atomic mass is 79.9. The topological polar surface area (TPSA) is 53.0 Å². The zero-order valence-electron chi connectivity index (χ0n) is 9.78. The fraction of sp³-hybridized carbons (Fsp3) is 0. The van der Waals surface area contributed by atoms with Gasteiger partial charge in [0, 0.05) is 20.6 Å². The van der Waals surface area contributed by atoms with Crippen LogP contribution in [0.25, 0.3) is 0 Å². The number of hydrogen-bond acceptors (Lipinski definition) is 2. The van der Waals surface area contributed by atoms with Crippen molar-refractivity contribution in [1.82, 2.24) is 5.32 Å². The molecule has 0 spiro atoms. The quantitative estimate of drug-likeness (QED) is 0.634. The average molecular weight is 338 g/mol. The Kier molecular flexibility index (Phi) is 4.35. The second-order valence-electron chi connectivity index (χ2n) is 3.85. The van der Waals surface area contributed by atoms with Crippen LogP contribution in [0.3, 0.4) is 0 Å². The van der Waals surface area contributed by atoms with Crippen molar-refractivity contribution in [3.63, 3.8) is 0 Å². The minimum atomic E-state index is -0.364. The molecule has 19 heavy (non-hydrogen) atoms. The lowest BCUT2D eigenvalue weighted by Gasteiger charge is -2.07. The summed E-state index contributed by atoms with van der Waals surface area (Å²) in [6, 6.07) is 13.9. The Labute approximate surface area is 124 Å². The van der Waals surface area contributed by atoms with Crippen molar-refractivity contribution in [1.29, 1.82) is 5.41 Å². The summed E-state index contributed by atoms with van der Waals surface area (Å²) in [5.74, 6) is -0.307. The number of hydrogen-bond donors (Lipinski definition) is 2. The maximum absolute atomic E-state index is 12.0. The molecule has 2 aromatic carbocycles. The van der Waals surface area contributed by atoms with Gasteiger partial charge < -0.3 is 5.32 Å². The van der Waals surface area contributed by atoms with E-state index in [0.29, 0.717) is 16.1 Å². The minimum absolute atomic E-state index is 0.0571. The van der Waals surface area contributed by atoms with E-state index >= 15 is 0 Å². The fourth-order valence-electron chi connectivity index (χ4n) is 1.55. The lowest BCUT2D eigenvalue weighted by atomic mass is 10.2. The van der Waals surface area contributed by atoms with Crippen molar-refractivity contribution >= 4 is 39.3 Å². The van der Waals surface area contributed by atoms with Crippen molar-refractivity contribution in [2.45, 2.75) is 0 Å². The van der Waals surface area contributed by atoms with Crippen LogP contribution >= 0.6 is 27.5 Å². The summed E-state index contributed by atoms with van der Waals surface area (Å²) in [6.07, 6.45) is 0. The van der Waals surface area contributed by atoms with Gasteiger partial charge in [-0.2, -0.15) is 0 Å². The monoisotopic (exact) mass is 336 g/mol. The van der Waals surface area contributed by atoms with Gasteiger partial charge in [-0.3, -0.25) is 10.2 Å². The fourth-order valence-corrected chi connectivity index (χ4v) is 2.41. The Morgan fingerprint density at radius 2 is 1.79 bits per heavy atom. The predicted octanol–water partition coefficient (Wildman–Crippen LogP) is 3.86. The van der Waals surface area contributed by atoms with Crippen LogP contribution in [0.2, 0.25) is 5.02 Å². The molecule has 0 bridgehead atoms. The van der Waals surface area contributed by atoms with Crippen molar-refractivity contribution < 1.29 is 4.79 Å². The third-order valence-electron chi connectivity index (χ3n) is 2.43. The minimum Gasteiger partial charge on any atom is -0.307 e. The Hall–Kier alpha value is -1.65. The molecule has 0 aliphatic rings. The van der Waals surface area contributed by atoms with E-state index in [1.165, 1.54) is 0 Å². The molecule has 0 radical (unpaired) electrons. The molecular weight excluding hydrogens is 328 g/mol. The van der Waals surface area contributed by atoms with E-state index < -0.39 is 0 Å². The van der Waals surface area contributed by atoms with E-state index in [0.717, 1.165) is 4.47 Å². The molecule has 3 nitrogen and oxygen atoms in total. The molecule has 2 N–H and O–H groups in total. The first-order valence-corrected chi connectivity index (χ1v) is 6.65. The highest BCUT2D eigenvalue weighted by Crippen LogP contribution is 2.19. The second kappa shape index (κ2) is 5.99. The molecule has 0 heterocycles. The summed E-state index contributed by atoms with van der Waals surface area (Å²) >= 11 is 9.16. The smallest absolute Gasteiger partial charge is 0.256 e. The number of carbonyl (C=O) groups excluding carboxylic acids is 1. The van der Waals surface area contributed by atoms with Gasteiger partial charge in [0.15, 0.2) is 0 Å². The highest BCUT2D eigenvalue weighted by Gasteiger charge is 2.10. The van der Waals surface area contributed by atoms with E-state index in [2.05, 4.69) is 21.2 Å². The van der Waals surface area contributed by atoms with Gasteiger partial charge in [-0.1, -0.05) is 57.9 Å². The summed E-state index contributed by atoms with van der Waals surface area (Å²) in [4.78, 5) is 12.0. The number of benzene rings is 2. The molecule has 0 aromatic heterocycles. The van der Waals surface area contributed by atoms with Crippen LogP contribution in [0.4, 0.5) is 0 Å². The average Bonchev–Trinajstić information content (AvgIpc) is 2.38. The molecule has 0 aliphatic carbocycles. The van der Waals surface area contributed by atoms with Crippen LogP contribution in [0.5, 0.6) is 0 Å². The van der Waals surface area contributed by atoms with Gasteiger partial charge in [0.2, 0.25) is 0 Å². The van der Waals surface area contributed by atoms with Crippen molar-refractivity contribution in [2.24, 2.45) is 0 Å². The number of nitrogens with one attached hydrogen (secondary N) is 2. The highest BCUT2D eigenvalue weighted by molar-refractivity contribution is 9.10. The third kappa shape index (κ3) is 3.66. The number of carbonyl (C=O) groups is 1. The van der Waals surface area contributed by atoms with Gasteiger partial charge >= 0.3 is 0 Å². The number of amidine groups is 1. The SMILES string of the molecule is N=C(NC(=O)c1cc(Cl)cc(Br)c1)c1ccccc1. The molecule has 0 unspecified atom stereocenters. The van der Waals surface area contributed by atoms with Gasteiger partial charge in [0.1, 0.15) is 5.84 Å². The van der Waals surface area contributed by atoms with E-state index in [1.54, 1.807) is 30.3 Å². The molecular formula is C14H10BrClN2O. The van der Waals surface area contributed by atoms with Crippen LogP contribution in [0.15, 0.2) is 53.0 Å². The van der Waals surface area contributed by atoms with Crippen molar-refractivity contribution in [2.75, 3.05) is 0 Å².